The number of nitrogens with zero attached hydrogens (tertiary/aromatic N) is 4. The quantitative estimate of drug-likeness (QED) is 0.801. The Balaban J connectivity index is 1.71. The molecule has 1 atom stereocenters. The molecule has 1 aromatic heterocycles. The first-order chi connectivity index (χ1) is 12.3. The van der Waals surface area contributed by atoms with Crippen molar-refractivity contribution in [3.63, 3.8) is 0 Å². The molecule has 3 heterocycles. The molecule has 2 aliphatic rings. The molecule has 3 rings (SSSR count). The molecule has 144 valence electrons. The second-order valence-electron chi connectivity index (χ2n) is 7.78. The highest BCUT2D eigenvalue weighted by molar-refractivity contribution is 7.16. The molecular weight excluding hydrogens is 348 g/mol. The van der Waals surface area contributed by atoms with Gasteiger partial charge in [0, 0.05) is 43.2 Å². The molecule has 1 amide bonds. The van der Waals surface area contributed by atoms with Crippen LogP contribution in [0.2, 0.25) is 0 Å². The molecule has 1 saturated heterocycles. The Morgan fingerprint density at radius 2 is 1.96 bits per heavy atom. The van der Waals surface area contributed by atoms with Crippen molar-refractivity contribution < 1.29 is 9.53 Å². The van der Waals surface area contributed by atoms with E-state index >= 15 is 0 Å². The van der Waals surface area contributed by atoms with E-state index in [4.69, 9.17) is 4.74 Å². The van der Waals surface area contributed by atoms with Crippen LogP contribution in [0.4, 0.5) is 9.80 Å². The molecule has 1 aromatic rings. The molecule has 0 N–H and O–H groups in total. The number of aliphatic imine (C=N–C) groups is 1. The van der Waals surface area contributed by atoms with E-state index in [-0.39, 0.29) is 12.3 Å². The van der Waals surface area contributed by atoms with Crippen LogP contribution >= 0.6 is 11.3 Å². The summed E-state index contributed by atoms with van der Waals surface area (Å²) in [5.41, 5.74) is 0.858. The number of carbonyl (C=O) groups excluding carboxylic acids is 1. The number of amides is 1. The Labute approximate surface area is 160 Å². The van der Waals surface area contributed by atoms with Crippen LogP contribution in [0.25, 0.3) is 0 Å². The highest BCUT2D eigenvalue weighted by Gasteiger charge is 2.34. The average Bonchev–Trinajstić information content (AvgIpc) is 3.02. The minimum Gasteiger partial charge on any atom is -0.444 e. The maximum atomic E-state index is 12.3. The lowest BCUT2D eigenvalue weighted by Crippen LogP contribution is -2.53. The number of thiophene rings is 1. The van der Waals surface area contributed by atoms with Crippen LogP contribution < -0.4 is 0 Å². The van der Waals surface area contributed by atoms with Gasteiger partial charge in [0.1, 0.15) is 16.8 Å². The number of rotatable bonds is 3. The molecule has 2 aliphatic heterocycles. The first-order valence-electron chi connectivity index (χ1n) is 9.47. The van der Waals surface area contributed by atoms with Crippen molar-refractivity contribution in [1.29, 1.82) is 0 Å². The van der Waals surface area contributed by atoms with Gasteiger partial charge in [0.15, 0.2) is 0 Å². The van der Waals surface area contributed by atoms with Crippen molar-refractivity contribution >= 4 is 28.8 Å². The summed E-state index contributed by atoms with van der Waals surface area (Å²) in [7, 11) is 0. The normalized spacial score (nSPS) is 21.0. The van der Waals surface area contributed by atoms with Gasteiger partial charge in [-0.05, 0) is 40.2 Å². The second kappa shape index (κ2) is 7.56. The van der Waals surface area contributed by atoms with Crippen LogP contribution in [-0.4, -0.2) is 65.5 Å². The zero-order valence-electron chi connectivity index (χ0n) is 16.5. The first kappa shape index (κ1) is 19.2. The Kier molecular flexibility index (Phi) is 5.58. The van der Waals surface area contributed by atoms with Gasteiger partial charge in [-0.15, -0.1) is 11.3 Å². The SMILES string of the molecule is CCc1cc2c(s1)N=CN(CC)C2N1CCN(C(=O)OC(C)(C)C)CC1. The minimum atomic E-state index is -0.449. The molecule has 0 saturated carbocycles. The largest absolute Gasteiger partial charge is 0.444 e. The number of hydrogen-bond acceptors (Lipinski definition) is 6. The van der Waals surface area contributed by atoms with Gasteiger partial charge >= 0.3 is 6.09 Å². The molecule has 26 heavy (non-hydrogen) atoms. The van der Waals surface area contributed by atoms with Crippen LogP contribution in [0.3, 0.4) is 0 Å². The summed E-state index contributed by atoms with van der Waals surface area (Å²) in [6, 6.07) is 2.31. The summed E-state index contributed by atoms with van der Waals surface area (Å²) in [6.45, 7) is 14.1. The van der Waals surface area contributed by atoms with E-state index in [9.17, 15) is 4.79 Å². The van der Waals surface area contributed by atoms with E-state index in [0.717, 1.165) is 31.1 Å². The molecule has 7 heteroatoms. The molecule has 1 unspecified atom stereocenters. The molecule has 0 aliphatic carbocycles. The van der Waals surface area contributed by atoms with Gasteiger partial charge in [0.25, 0.3) is 0 Å². The summed E-state index contributed by atoms with van der Waals surface area (Å²) in [6.07, 6.45) is 3.02. The molecule has 0 spiro atoms. The van der Waals surface area contributed by atoms with E-state index in [1.807, 2.05) is 32.0 Å². The van der Waals surface area contributed by atoms with Crippen molar-refractivity contribution in [2.24, 2.45) is 4.99 Å². The number of carbonyl (C=O) groups is 1. The number of piperazine rings is 1. The van der Waals surface area contributed by atoms with E-state index in [1.54, 1.807) is 11.3 Å². The van der Waals surface area contributed by atoms with Crippen molar-refractivity contribution in [2.75, 3.05) is 32.7 Å². The average molecular weight is 379 g/mol. The highest BCUT2D eigenvalue weighted by Crippen LogP contribution is 2.41. The van der Waals surface area contributed by atoms with Gasteiger partial charge in [-0.25, -0.2) is 9.79 Å². The summed E-state index contributed by atoms with van der Waals surface area (Å²) in [5, 5.41) is 1.13. The van der Waals surface area contributed by atoms with E-state index < -0.39 is 5.60 Å². The highest BCUT2D eigenvalue weighted by atomic mass is 32.1. The van der Waals surface area contributed by atoms with E-state index in [1.165, 1.54) is 10.4 Å². The summed E-state index contributed by atoms with van der Waals surface area (Å²) < 4.78 is 5.51. The predicted octanol–water partition coefficient (Wildman–Crippen LogP) is 3.86. The van der Waals surface area contributed by atoms with Crippen molar-refractivity contribution in [1.82, 2.24) is 14.7 Å². The fourth-order valence-corrected chi connectivity index (χ4v) is 4.37. The van der Waals surface area contributed by atoms with Gasteiger partial charge in [0.05, 0.1) is 6.34 Å². The third-order valence-corrected chi connectivity index (χ3v) is 5.94. The fourth-order valence-electron chi connectivity index (χ4n) is 3.41. The Bertz CT molecular complexity index is 672. The maximum absolute atomic E-state index is 12.3. The van der Waals surface area contributed by atoms with Crippen LogP contribution in [0.15, 0.2) is 11.1 Å². The van der Waals surface area contributed by atoms with Gasteiger partial charge in [-0.2, -0.15) is 0 Å². The lowest BCUT2D eigenvalue weighted by molar-refractivity contribution is 0.0000463. The molecular formula is C19H30N4O2S. The number of aryl methyl sites for hydroxylation is 1. The maximum Gasteiger partial charge on any atom is 0.410 e. The van der Waals surface area contributed by atoms with Crippen molar-refractivity contribution in [2.45, 2.75) is 52.8 Å². The smallest absolute Gasteiger partial charge is 0.410 e. The molecule has 6 nitrogen and oxygen atoms in total. The summed E-state index contributed by atoms with van der Waals surface area (Å²) in [4.78, 5) is 24.9. The molecule has 0 aromatic carbocycles. The number of ether oxygens (including phenoxy) is 1. The monoisotopic (exact) mass is 378 g/mol. The van der Waals surface area contributed by atoms with E-state index in [0.29, 0.717) is 13.1 Å². The standard InChI is InChI=1S/C19H30N4O2S/c1-6-14-12-15-16(26-14)20-13-21(7-2)17(15)22-8-10-23(11-9-22)18(24)25-19(3,4)5/h12-13,17H,6-11H2,1-5H3. The summed E-state index contributed by atoms with van der Waals surface area (Å²) >= 11 is 1.79. The number of hydrogen-bond donors (Lipinski definition) is 0. The Hall–Kier alpha value is -1.60. The molecule has 1 fully saturated rings. The van der Waals surface area contributed by atoms with Crippen molar-refractivity contribution in [3.05, 3.63) is 16.5 Å². The second-order valence-corrected chi connectivity index (χ2v) is 8.89. The van der Waals surface area contributed by atoms with Gasteiger partial charge in [-0.3, -0.25) is 4.90 Å². The fraction of sp³-hybridized carbons (Fsp3) is 0.684. The lowest BCUT2D eigenvalue weighted by atomic mass is 10.1. The Morgan fingerprint density at radius 3 is 2.54 bits per heavy atom. The van der Waals surface area contributed by atoms with Crippen LogP contribution in [-0.2, 0) is 11.2 Å². The minimum absolute atomic E-state index is 0.209. The Morgan fingerprint density at radius 1 is 1.27 bits per heavy atom. The van der Waals surface area contributed by atoms with Crippen LogP contribution in [0.5, 0.6) is 0 Å². The molecule has 0 bridgehead atoms. The lowest BCUT2D eigenvalue weighted by Gasteiger charge is -2.44. The van der Waals surface area contributed by atoms with E-state index in [2.05, 4.69) is 34.7 Å². The zero-order chi connectivity index (χ0) is 18.9. The van der Waals surface area contributed by atoms with Crippen LogP contribution in [0, 0.1) is 0 Å². The molecule has 0 radical (unpaired) electrons. The first-order valence-corrected chi connectivity index (χ1v) is 10.3. The zero-order valence-corrected chi connectivity index (χ0v) is 17.3. The van der Waals surface area contributed by atoms with Gasteiger partial charge < -0.3 is 14.5 Å². The van der Waals surface area contributed by atoms with Crippen molar-refractivity contribution in [3.8, 4) is 0 Å². The topological polar surface area (TPSA) is 48.4 Å². The van der Waals surface area contributed by atoms with Gasteiger partial charge in [-0.1, -0.05) is 6.92 Å². The number of fused-ring (bicyclic) bond motifs is 1. The summed E-state index contributed by atoms with van der Waals surface area (Å²) in [5.74, 6) is 0. The third-order valence-electron chi connectivity index (χ3n) is 4.73. The van der Waals surface area contributed by atoms with Gasteiger partial charge in [0.2, 0.25) is 0 Å². The van der Waals surface area contributed by atoms with Crippen LogP contribution in [0.1, 0.15) is 51.2 Å². The third kappa shape index (κ3) is 4.04. The predicted molar refractivity (Wildman–Crippen MR) is 106 cm³/mol.